The van der Waals surface area contributed by atoms with E-state index in [4.69, 9.17) is 11.6 Å². The summed E-state index contributed by atoms with van der Waals surface area (Å²) in [6.45, 7) is 0. The fourth-order valence-electron chi connectivity index (χ4n) is 3.35. The lowest BCUT2D eigenvalue weighted by atomic mass is 9.85. The zero-order chi connectivity index (χ0) is 15.6. The lowest BCUT2D eigenvalue weighted by Gasteiger charge is -2.32. The van der Waals surface area contributed by atoms with Crippen LogP contribution in [0.15, 0.2) is 83.8 Å². The maximum atomic E-state index is 6.47. The van der Waals surface area contributed by atoms with Gasteiger partial charge >= 0.3 is 0 Å². The van der Waals surface area contributed by atoms with E-state index in [1.807, 2.05) is 23.9 Å². The number of hydrogen-bond acceptors (Lipinski definition) is 1. The molecule has 23 heavy (non-hydrogen) atoms. The van der Waals surface area contributed by atoms with Crippen LogP contribution in [0.25, 0.3) is 0 Å². The highest BCUT2D eigenvalue weighted by Crippen LogP contribution is 2.52. The van der Waals surface area contributed by atoms with Crippen molar-refractivity contribution in [2.45, 2.75) is 22.5 Å². The van der Waals surface area contributed by atoms with Crippen LogP contribution in [0.1, 0.15) is 34.3 Å². The molecule has 0 saturated heterocycles. The normalized spacial score (nSPS) is 20.0. The van der Waals surface area contributed by atoms with Crippen LogP contribution in [0, 0.1) is 0 Å². The van der Waals surface area contributed by atoms with Gasteiger partial charge in [-0.3, -0.25) is 0 Å². The summed E-state index contributed by atoms with van der Waals surface area (Å²) < 4.78 is 0. The Morgan fingerprint density at radius 3 is 2.17 bits per heavy atom. The predicted molar refractivity (Wildman–Crippen MR) is 99.4 cm³/mol. The third kappa shape index (κ3) is 2.91. The summed E-state index contributed by atoms with van der Waals surface area (Å²) in [6, 6.07) is 27.8. The zero-order valence-corrected chi connectivity index (χ0v) is 14.2. The first-order valence-electron chi connectivity index (χ1n) is 7.88. The van der Waals surface area contributed by atoms with Crippen molar-refractivity contribution in [3.8, 4) is 0 Å². The predicted octanol–water partition coefficient (Wildman–Crippen LogP) is 6.71. The van der Waals surface area contributed by atoms with E-state index in [9.17, 15) is 0 Å². The van der Waals surface area contributed by atoms with E-state index in [0.717, 1.165) is 11.4 Å². The van der Waals surface area contributed by atoms with Gasteiger partial charge in [-0.15, -0.1) is 11.8 Å². The first-order chi connectivity index (χ1) is 11.3. The molecule has 1 aliphatic rings. The molecule has 0 bridgehead atoms. The Morgan fingerprint density at radius 2 is 1.39 bits per heavy atom. The molecule has 0 saturated carbocycles. The molecule has 3 aromatic carbocycles. The van der Waals surface area contributed by atoms with Crippen molar-refractivity contribution in [2.24, 2.45) is 0 Å². The van der Waals surface area contributed by atoms with Crippen molar-refractivity contribution in [2.75, 3.05) is 0 Å². The molecular weight excluding hydrogens is 320 g/mol. The monoisotopic (exact) mass is 336 g/mol. The van der Waals surface area contributed by atoms with Crippen LogP contribution < -0.4 is 0 Å². The van der Waals surface area contributed by atoms with Crippen LogP contribution in [0.3, 0.4) is 0 Å². The summed E-state index contributed by atoms with van der Waals surface area (Å²) in [5.41, 5.74) is 4.07. The molecule has 2 atom stereocenters. The second kappa shape index (κ2) is 6.43. The molecule has 2 unspecified atom stereocenters. The molecular formula is C21H17ClS. The summed E-state index contributed by atoms with van der Waals surface area (Å²) in [5.74, 6) is 0.426. The first-order valence-corrected chi connectivity index (χ1v) is 9.13. The number of benzene rings is 3. The molecule has 3 aromatic rings. The fourth-order valence-corrected chi connectivity index (χ4v) is 5.11. The molecule has 1 heterocycles. The Balaban J connectivity index is 1.79. The molecule has 0 fully saturated rings. The molecule has 114 valence electrons. The fraction of sp³-hybridized carbons (Fsp3) is 0.143. The van der Waals surface area contributed by atoms with Gasteiger partial charge in [0, 0.05) is 21.1 Å². The van der Waals surface area contributed by atoms with Crippen molar-refractivity contribution in [3.05, 3.63) is 101 Å². The van der Waals surface area contributed by atoms with E-state index < -0.39 is 0 Å². The molecule has 0 N–H and O–H groups in total. The van der Waals surface area contributed by atoms with Crippen molar-refractivity contribution >= 4 is 23.4 Å². The van der Waals surface area contributed by atoms with Gasteiger partial charge in [0.05, 0.1) is 0 Å². The maximum absolute atomic E-state index is 6.47. The zero-order valence-electron chi connectivity index (χ0n) is 12.7. The van der Waals surface area contributed by atoms with E-state index >= 15 is 0 Å². The molecule has 0 spiro atoms. The molecule has 2 heteroatoms. The molecule has 0 amide bonds. The third-order valence-corrected chi connectivity index (χ3v) is 6.17. The smallest absolute Gasteiger partial charge is 0.0449 e. The summed E-state index contributed by atoms with van der Waals surface area (Å²) in [5, 5.41) is 1.26. The van der Waals surface area contributed by atoms with E-state index in [2.05, 4.69) is 66.7 Å². The van der Waals surface area contributed by atoms with Gasteiger partial charge < -0.3 is 0 Å². The third-order valence-electron chi connectivity index (χ3n) is 4.47. The van der Waals surface area contributed by atoms with Gasteiger partial charge in [0.2, 0.25) is 0 Å². The second-order valence-corrected chi connectivity index (χ2v) is 7.52. The van der Waals surface area contributed by atoms with Crippen LogP contribution in [-0.4, -0.2) is 0 Å². The topological polar surface area (TPSA) is 0 Å². The Morgan fingerprint density at radius 1 is 0.739 bits per heavy atom. The molecule has 0 radical (unpaired) electrons. The summed E-state index contributed by atoms with van der Waals surface area (Å²) in [6.07, 6.45) is 1.08. The minimum absolute atomic E-state index is 0.392. The SMILES string of the molecule is Clc1ccccc1C1CC(c2ccccc2)c2ccccc2S1. The molecule has 4 rings (SSSR count). The average molecular weight is 337 g/mol. The highest BCUT2D eigenvalue weighted by molar-refractivity contribution is 7.99. The minimum atomic E-state index is 0.392. The first kappa shape index (κ1) is 14.9. The Hall–Kier alpha value is -1.70. The van der Waals surface area contributed by atoms with E-state index in [0.29, 0.717) is 11.2 Å². The van der Waals surface area contributed by atoms with Gasteiger partial charge in [0.15, 0.2) is 0 Å². The van der Waals surface area contributed by atoms with Crippen LogP contribution in [0.2, 0.25) is 5.02 Å². The van der Waals surface area contributed by atoms with Gasteiger partial charge in [0.1, 0.15) is 0 Å². The lowest BCUT2D eigenvalue weighted by molar-refractivity contribution is 0.677. The van der Waals surface area contributed by atoms with Gasteiger partial charge in [-0.05, 0) is 35.2 Å². The quantitative estimate of drug-likeness (QED) is 0.501. The second-order valence-electron chi connectivity index (χ2n) is 5.86. The molecule has 1 aliphatic heterocycles. The van der Waals surface area contributed by atoms with E-state index in [1.165, 1.54) is 21.6 Å². The number of hydrogen-bond donors (Lipinski definition) is 0. The number of rotatable bonds is 2. The highest BCUT2D eigenvalue weighted by Gasteiger charge is 2.30. The van der Waals surface area contributed by atoms with Crippen molar-refractivity contribution in [1.29, 1.82) is 0 Å². The summed E-state index contributed by atoms with van der Waals surface area (Å²) in [7, 11) is 0. The highest BCUT2D eigenvalue weighted by atomic mass is 35.5. The number of fused-ring (bicyclic) bond motifs is 1. The van der Waals surface area contributed by atoms with Crippen molar-refractivity contribution in [3.63, 3.8) is 0 Å². The van der Waals surface area contributed by atoms with Gasteiger partial charge in [0.25, 0.3) is 0 Å². The van der Waals surface area contributed by atoms with Gasteiger partial charge in [-0.25, -0.2) is 0 Å². The van der Waals surface area contributed by atoms with Crippen LogP contribution in [0.4, 0.5) is 0 Å². The Kier molecular flexibility index (Phi) is 4.15. The van der Waals surface area contributed by atoms with E-state index in [1.54, 1.807) is 0 Å². The number of halogens is 1. The van der Waals surface area contributed by atoms with E-state index in [-0.39, 0.29) is 0 Å². The van der Waals surface area contributed by atoms with Crippen LogP contribution in [0.5, 0.6) is 0 Å². The van der Waals surface area contributed by atoms with Gasteiger partial charge in [-0.2, -0.15) is 0 Å². The van der Waals surface area contributed by atoms with Crippen molar-refractivity contribution < 1.29 is 0 Å². The van der Waals surface area contributed by atoms with Gasteiger partial charge in [-0.1, -0.05) is 78.3 Å². The Bertz CT molecular complexity index is 813. The molecule has 0 nitrogen and oxygen atoms in total. The van der Waals surface area contributed by atoms with Crippen LogP contribution >= 0.6 is 23.4 Å². The number of thioether (sulfide) groups is 1. The Labute approximate surface area is 146 Å². The lowest BCUT2D eigenvalue weighted by Crippen LogP contribution is -2.12. The minimum Gasteiger partial charge on any atom is -0.118 e. The summed E-state index contributed by atoms with van der Waals surface area (Å²) >= 11 is 8.40. The van der Waals surface area contributed by atoms with Crippen LogP contribution in [-0.2, 0) is 0 Å². The van der Waals surface area contributed by atoms with Crippen molar-refractivity contribution in [1.82, 2.24) is 0 Å². The molecule has 0 aromatic heterocycles. The largest absolute Gasteiger partial charge is 0.118 e. The summed E-state index contributed by atoms with van der Waals surface area (Å²) in [4.78, 5) is 1.37. The standard InChI is InChI=1S/C21H17ClS/c22-19-12-6-4-11-17(19)21-14-18(15-8-2-1-3-9-15)16-10-5-7-13-20(16)23-21/h1-13,18,21H,14H2. The maximum Gasteiger partial charge on any atom is 0.0449 e. The molecule has 0 aliphatic carbocycles. The average Bonchev–Trinajstić information content (AvgIpc) is 2.62.